The molecule has 0 unspecified atom stereocenters. The van der Waals surface area contributed by atoms with Gasteiger partial charge in [-0.05, 0) is 48.6 Å². The number of benzene rings is 2. The third-order valence-electron chi connectivity index (χ3n) is 2.67. The normalized spacial score (nSPS) is 11.0. The molecule has 0 aliphatic rings. The van der Waals surface area contributed by atoms with Gasteiger partial charge in [0.15, 0.2) is 5.11 Å². The lowest BCUT2D eigenvalue weighted by Gasteiger charge is -2.07. The van der Waals surface area contributed by atoms with Crippen molar-refractivity contribution in [1.82, 2.24) is 5.43 Å². The van der Waals surface area contributed by atoms with E-state index in [9.17, 15) is 17.6 Å². The maximum Gasteiger partial charge on any atom is 0.288 e. The standard InChI is InChI=1S/C15H11F4N3S2/c16-10-2-1-9(13(17)7-10)8-20-22-15(23)21-11-3-5-12(6-4-11)24-14(18)19/h1-8,14H,(H2,21,22,23)/b20-8-. The second kappa shape index (κ2) is 8.65. The first kappa shape index (κ1) is 18.2. The average molecular weight is 373 g/mol. The van der Waals surface area contributed by atoms with Crippen molar-refractivity contribution in [2.75, 3.05) is 5.32 Å². The SMILES string of the molecule is Fc1ccc(/C=N\NC(=S)Nc2ccc(SC(F)F)cc2)c(F)c1. The minimum Gasteiger partial charge on any atom is -0.331 e. The summed E-state index contributed by atoms with van der Waals surface area (Å²) in [7, 11) is 0. The molecule has 0 bridgehead atoms. The number of hydrogen-bond donors (Lipinski definition) is 2. The first-order chi connectivity index (χ1) is 11.4. The largest absolute Gasteiger partial charge is 0.331 e. The summed E-state index contributed by atoms with van der Waals surface area (Å²) in [6, 6.07) is 9.32. The molecular formula is C15H11F4N3S2. The van der Waals surface area contributed by atoms with Crippen molar-refractivity contribution in [2.45, 2.75) is 10.7 Å². The summed E-state index contributed by atoms with van der Waals surface area (Å²) in [5, 5.41) is 6.66. The fourth-order valence-corrected chi connectivity index (χ4v) is 2.31. The van der Waals surface area contributed by atoms with E-state index in [4.69, 9.17) is 12.2 Å². The lowest BCUT2D eigenvalue weighted by Crippen LogP contribution is -2.23. The lowest BCUT2D eigenvalue weighted by molar-refractivity contribution is 0.252. The quantitative estimate of drug-likeness (QED) is 0.264. The Hall–Kier alpha value is -2.13. The van der Waals surface area contributed by atoms with Crippen LogP contribution in [-0.2, 0) is 0 Å². The highest BCUT2D eigenvalue weighted by atomic mass is 32.2. The van der Waals surface area contributed by atoms with Crippen LogP contribution in [0.25, 0.3) is 0 Å². The molecule has 2 aromatic rings. The molecule has 24 heavy (non-hydrogen) atoms. The Balaban J connectivity index is 1.87. The zero-order valence-corrected chi connectivity index (χ0v) is 13.6. The average Bonchev–Trinajstić information content (AvgIpc) is 2.51. The fourth-order valence-electron chi connectivity index (χ4n) is 1.65. The summed E-state index contributed by atoms with van der Waals surface area (Å²) in [5.41, 5.74) is 3.15. The molecule has 126 valence electrons. The van der Waals surface area contributed by atoms with Gasteiger partial charge in [-0.25, -0.2) is 8.78 Å². The van der Waals surface area contributed by atoms with Gasteiger partial charge in [-0.2, -0.15) is 13.9 Å². The molecule has 0 aliphatic carbocycles. The van der Waals surface area contributed by atoms with Crippen LogP contribution in [0.4, 0.5) is 23.2 Å². The Labute approximate surface area is 145 Å². The Morgan fingerprint density at radius 3 is 2.46 bits per heavy atom. The predicted molar refractivity (Wildman–Crippen MR) is 91.6 cm³/mol. The van der Waals surface area contributed by atoms with Crippen LogP contribution >= 0.6 is 24.0 Å². The van der Waals surface area contributed by atoms with Gasteiger partial charge < -0.3 is 5.32 Å². The van der Waals surface area contributed by atoms with Gasteiger partial charge in [-0.1, -0.05) is 11.8 Å². The first-order valence-corrected chi connectivity index (χ1v) is 7.83. The molecule has 0 amide bonds. The van der Waals surface area contributed by atoms with E-state index < -0.39 is 17.4 Å². The summed E-state index contributed by atoms with van der Waals surface area (Å²) >= 11 is 5.44. The first-order valence-electron chi connectivity index (χ1n) is 6.54. The van der Waals surface area contributed by atoms with Gasteiger partial charge in [0, 0.05) is 22.2 Å². The van der Waals surface area contributed by atoms with E-state index in [0.29, 0.717) is 22.3 Å². The number of hydrazone groups is 1. The van der Waals surface area contributed by atoms with Gasteiger partial charge in [0.25, 0.3) is 5.76 Å². The fraction of sp³-hybridized carbons (Fsp3) is 0.0667. The van der Waals surface area contributed by atoms with Gasteiger partial charge >= 0.3 is 0 Å². The molecule has 0 fully saturated rings. The Morgan fingerprint density at radius 1 is 1.12 bits per heavy atom. The maximum absolute atomic E-state index is 13.4. The number of thioether (sulfide) groups is 1. The molecule has 0 spiro atoms. The summed E-state index contributed by atoms with van der Waals surface area (Å²) in [4.78, 5) is 0.430. The van der Waals surface area contributed by atoms with E-state index in [1.54, 1.807) is 12.1 Å². The minimum absolute atomic E-state index is 0.0973. The van der Waals surface area contributed by atoms with E-state index in [1.165, 1.54) is 18.2 Å². The highest BCUT2D eigenvalue weighted by Gasteiger charge is 2.05. The molecular weight excluding hydrogens is 362 g/mol. The number of alkyl halides is 2. The third kappa shape index (κ3) is 5.82. The number of rotatable bonds is 5. The van der Waals surface area contributed by atoms with Gasteiger partial charge in [0.1, 0.15) is 11.6 Å². The molecule has 2 N–H and O–H groups in total. The van der Waals surface area contributed by atoms with Gasteiger partial charge in [0.05, 0.1) is 6.21 Å². The van der Waals surface area contributed by atoms with Crippen molar-refractivity contribution >= 4 is 41.0 Å². The van der Waals surface area contributed by atoms with E-state index in [-0.39, 0.29) is 10.7 Å². The topological polar surface area (TPSA) is 36.4 Å². The van der Waals surface area contributed by atoms with Crippen molar-refractivity contribution in [3.63, 3.8) is 0 Å². The molecule has 0 saturated heterocycles. The van der Waals surface area contributed by atoms with Crippen LogP contribution in [0.2, 0.25) is 0 Å². The Kier molecular flexibility index (Phi) is 6.56. The molecule has 0 aliphatic heterocycles. The number of hydrogen-bond acceptors (Lipinski definition) is 3. The zero-order valence-electron chi connectivity index (χ0n) is 12.0. The molecule has 0 atom stereocenters. The minimum atomic E-state index is -2.48. The molecule has 9 heteroatoms. The van der Waals surface area contributed by atoms with Crippen LogP contribution in [0.3, 0.4) is 0 Å². The van der Waals surface area contributed by atoms with Crippen LogP contribution in [-0.4, -0.2) is 17.1 Å². The van der Waals surface area contributed by atoms with Gasteiger partial charge in [0.2, 0.25) is 0 Å². The summed E-state index contributed by atoms with van der Waals surface area (Å²) in [6.45, 7) is 0. The smallest absolute Gasteiger partial charge is 0.288 e. The van der Waals surface area contributed by atoms with Crippen molar-refractivity contribution in [2.24, 2.45) is 5.10 Å². The van der Waals surface area contributed by atoms with E-state index >= 15 is 0 Å². The maximum atomic E-state index is 13.4. The van der Waals surface area contributed by atoms with E-state index in [2.05, 4.69) is 15.8 Å². The molecule has 2 aromatic carbocycles. The van der Waals surface area contributed by atoms with Crippen LogP contribution in [0.1, 0.15) is 5.56 Å². The number of thiocarbonyl (C=S) groups is 1. The van der Waals surface area contributed by atoms with Crippen LogP contribution < -0.4 is 10.7 Å². The monoisotopic (exact) mass is 373 g/mol. The van der Waals surface area contributed by atoms with Crippen LogP contribution in [0.15, 0.2) is 52.5 Å². The van der Waals surface area contributed by atoms with E-state index in [1.807, 2.05) is 0 Å². The van der Waals surface area contributed by atoms with Gasteiger partial charge in [-0.3, -0.25) is 5.43 Å². The van der Waals surface area contributed by atoms with Crippen molar-refractivity contribution in [1.29, 1.82) is 0 Å². The summed E-state index contributed by atoms with van der Waals surface area (Å²) in [5.74, 6) is -3.90. The number of anilines is 1. The number of nitrogens with one attached hydrogen (secondary N) is 2. The molecule has 0 radical (unpaired) electrons. The molecule has 0 saturated carbocycles. The zero-order chi connectivity index (χ0) is 17.5. The number of halogens is 4. The Morgan fingerprint density at radius 2 is 1.83 bits per heavy atom. The summed E-state index contributed by atoms with van der Waals surface area (Å²) in [6.07, 6.45) is 1.16. The highest BCUT2D eigenvalue weighted by molar-refractivity contribution is 7.99. The molecule has 3 nitrogen and oxygen atoms in total. The number of nitrogens with zero attached hydrogens (tertiary/aromatic N) is 1. The second-order valence-electron chi connectivity index (χ2n) is 4.39. The van der Waals surface area contributed by atoms with Crippen LogP contribution in [0.5, 0.6) is 0 Å². The van der Waals surface area contributed by atoms with Crippen LogP contribution in [0, 0.1) is 11.6 Å². The van der Waals surface area contributed by atoms with Gasteiger partial charge in [-0.15, -0.1) is 0 Å². The highest BCUT2D eigenvalue weighted by Crippen LogP contribution is 2.26. The summed E-state index contributed by atoms with van der Waals surface area (Å²) < 4.78 is 50.6. The molecule has 0 heterocycles. The van der Waals surface area contributed by atoms with Crippen molar-refractivity contribution in [3.8, 4) is 0 Å². The molecule has 2 rings (SSSR count). The predicted octanol–water partition coefficient (Wildman–Crippen LogP) is 4.60. The van der Waals surface area contributed by atoms with Crippen molar-refractivity contribution < 1.29 is 17.6 Å². The van der Waals surface area contributed by atoms with Crippen molar-refractivity contribution in [3.05, 3.63) is 59.7 Å². The molecule has 0 aromatic heterocycles. The third-order valence-corrected chi connectivity index (χ3v) is 3.59. The lowest BCUT2D eigenvalue weighted by atomic mass is 10.2. The second-order valence-corrected chi connectivity index (χ2v) is 5.86. The van der Waals surface area contributed by atoms with E-state index in [0.717, 1.165) is 18.3 Å². The Bertz CT molecular complexity index is 736.